The first-order chi connectivity index (χ1) is 9.55. The van der Waals surface area contributed by atoms with Crippen molar-refractivity contribution < 1.29 is 13.2 Å². The maximum absolute atomic E-state index is 11.5. The van der Waals surface area contributed by atoms with Gasteiger partial charge in [0.1, 0.15) is 21.7 Å². The first-order valence-corrected chi connectivity index (χ1v) is 8.79. The molecule has 1 aliphatic rings. The quantitative estimate of drug-likeness (QED) is 0.580. The third-order valence-electron chi connectivity index (χ3n) is 3.75. The molecule has 0 saturated heterocycles. The van der Waals surface area contributed by atoms with Crippen LogP contribution in [0.2, 0.25) is 0 Å². The highest BCUT2D eigenvalue weighted by molar-refractivity contribution is 7.91. The van der Waals surface area contributed by atoms with E-state index in [9.17, 15) is 8.42 Å². The van der Waals surface area contributed by atoms with Crippen LogP contribution in [0.3, 0.4) is 0 Å². The third-order valence-corrected chi connectivity index (χ3v) is 5.54. The second kappa shape index (κ2) is 6.56. The minimum absolute atomic E-state index is 0.0262. The fourth-order valence-electron chi connectivity index (χ4n) is 2.48. The Morgan fingerprint density at radius 3 is 2.85 bits per heavy atom. The zero-order valence-corrected chi connectivity index (χ0v) is 12.5. The largest absolute Gasteiger partial charge is 0.488 e. The van der Waals surface area contributed by atoms with Crippen molar-refractivity contribution in [3.63, 3.8) is 0 Å². The summed E-state index contributed by atoms with van der Waals surface area (Å²) < 4.78 is 28.8. The van der Waals surface area contributed by atoms with Crippen LogP contribution in [0.4, 0.5) is 0 Å². The van der Waals surface area contributed by atoms with Gasteiger partial charge in [-0.1, -0.05) is 25.1 Å². The molecule has 1 aromatic rings. The van der Waals surface area contributed by atoms with E-state index in [0.29, 0.717) is 12.8 Å². The van der Waals surface area contributed by atoms with Crippen molar-refractivity contribution in [2.75, 3.05) is 11.5 Å². The van der Waals surface area contributed by atoms with Gasteiger partial charge in [-0.3, -0.25) is 11.3 Å². The topological polar surface area (TPSA) is 81.4 Å². The van der Waals surface area contributed by atoms with Crippen LogP contribution < -0.4 is 16.0 Å². The van der Waals surface area contributed by atoms with E-state index in [1.807, 2.05) is 24.3 Å². The molecule has 5 nitrogen and oxygen atoms in total. The van der Waals surface area contributed by atoms with Crippen LogP contribution in [0.1, 0.15) is 25.3 Å². The first kappa shape index (κ1) is 15.3. The number of hydrogen-bond acceptors (Lipinski definition) is 5. The number of nitrogens with two attached hydrogens (primary N) is 1. The van der Waals surface area contributed by atoms with E-state index in [-0.39, 0.29) is 23.7 Å². The zero-order valence-electron chi connectivity index (χ0n) is 11.7. The average molecular weight is 298 g/mol. The standard InChI is InChI=1S/C14H22N2O3S/c1-2-20(17,18)9-5-7-12(16-15)14-10-11-6-3-4-8-13(11)19-14/h3-4,6,8,12,14,16H,2,5,7,9-10,15H2,1H3. The molecule has 0 bridgehead atoms. The summed E-state index contributed by atoms with van der Waals surface area (Å²) >= 11 is 0. The molecule has 3 N–H and O–H groups in total. The molecule has 2 rings (SSSR count). The number of ether oxygens (including phenoxy) is 1. The molecule has 0 spiro atoms. The third kappa shape index (κ3) is 3.71. The predicted octanol–water partition coefficient (Wildman–Crippen LogP) is 1.04. The summed E-state index contributed by atoms with van der Waals surface area (Å²) in [5, 5.41) is 0. The van der Waals surface area contributed by atoms with Gasteiger partial charge in [0, 0.05) is 12.2 Å². The highest BCUT2D eigenvalue weighted by Crippen LogP contribution is 2.30. The molecule has 20 heavy (non-hydrogen) atoms. The maximum atomic E-state index is 11.5. The number of nitrogens with one attached hydrogen (secondary N) is 1. The normalized spacial score (nSPS) is 19.4. The number of benzene rings is 1. The molecule has 2 atom stereocenters. The van der Waals surface area contributed by atoms with Crippen LogP contribution in [0.5, 0.6) is 5.75 Å². The van der Waals surface area contributed by atoms with Gasteiger partial charge in [-0.15, -0.1) is 0 Å². The van der Waals surface area contributed by atoms with E-state index in [4.69, 9.17) is 10.6 Å². The number of hydrogen-bond donors (Lipinski definition) is 2. The van der Waals surface area contributed by atoms with E-state index >= 15 is 0 Å². The summed E-state index contributed by atoms with van der Waals surface area (Å²) in [7, 11) is -2.91. The Morgan fingerprint density at radius 2 is 2.20 bits per heavy atom. The lowest BCUT2D eigenvalue weighted by molar-refractivity contribution is 0.172. The molecule has 0 radical (unpaired) electrons. The summed E-state index contributed by atoms with van der Waals surface area (Å²) in [5.74, 6) is 6.90. The molecular formula is C14H22N2O3S. The number of fused-ring (bicyclic) bond motifs is 1. The Kier molecular flexibility index (Phi) is 5.01. The molecule has 1 aliphatic heterocycles. The van der Waals surface area contributed by atoms with Crippen LogP contribution in [-0.4, -0.2) is 32.1 Å². The molecule has 0 amide bonds. The van der Waals surface area contributed by atoms with Gasteiger partial charge in [0.2, 0.25) is 0 Å². The van der Waals surface area contributed by atoms with Crippen molar-refractivity contribution in [2.24, 2.45) is 5.84 Å². The Bertz CT molecular complexity index is 520. The van der Waals surface area contributed by atoms with Gasteiger partial charge in [0.05, 0.1) is 11.8 Å². The lowest BCUT2D eigenvalue weighted by atomic mass is 10.0. The molecule has 1 heterocycles. The lowest BCUT2D eigenvalue weighted by Gasteiger charge is -2.22. The van der Waals surface area contributed by atoms with Crippen LogP contribution in [-0.2, 0) is 16.3 Å². The Labute approximate surface area is 120 Å². The van der Waals surface area contributed by atoms with Gasteiger partial charge in [0.15, 0.2) is 0 Å². The number of sulfone groups is 1. The first-order valence-electron chi connectivity index (χ1n) is 6.97. The van der Waals surface area contributed by atoms with Gasteiger partial charge < -0.3 is 4.74 Å². The van der Waals surface area contributed by atoms with Crippen LogP contribution >= 0.6 is 0 Å². The van der Waals surface area contributed by atoms with E-state index < -0.39 is 9.84 Å². The monoisotopic (exact) mass is 298 g/mol. The average Bonchev–Trinajstić information content (AvgIpc) is 2.87. The zero-order chi connectivity index (χ0) is 14.6. The Hall–Kier alpha value is -1.11. The summed E-state index contributed by atoms with van der Waals surface area (Å²) in [4.78, 5) is 0. The molecular weight excluding hydrogens is 276 g/mol. The minimum atomic E-state index is -2.91. The van der Waals surface area contributed by atoms with Crippen LogP contribution in [0.15, 0.2) is 24.3 Å². The van der Waals surface area contributed by atoms with E-state index in [1.54, 1.807) is 6.92 Å². The molecule has 2 unspecified atom stereocenters. The van der Waals surface area contributed by atoms with Crippen molar-refractivity contribution in [1.82, 2.24) is 5.43 Å². The maximum Gasteiger partial charge on any atom is 0.150 e. The highest BCUT2D eigenvalue weighted by Gasteiger charge is 2.29. The fraction of sp³-hybridized carbons (Fsp3) is 0.571. The summed E-state index contributed by atoms with van der Waals surface area (Å²) in [5.41, 5.74) is 3.94. The second-order valence-corrected chi connectivity index (χ2v) is 7.59. The van der Waals surface area contributed by atoms with Gasteiger partial charge in [-0.2, -0.15) is 0 Å². The number of hydrazine groups is 1. The molecule has 0 fully saturated rings. The molecule has 0 aromatic heterocycles. The van der Waals surface area contributed by atoms with Crippen LogP contribution in [0.25, 0.3) is 0 Å². The molecule has 112 valence electrons. The van der Waals surface area contributed by atoms with Crippen molar-refractivity contribution in [1.29, 1.82) is 0 Å². The van der Waals surface area contributed by atoms with Gasteiger partial charge >= 0.3 is 0 Å². The lowest BCUT2D eigenvalue weighted by Crippen LogP contribution is -2.46. The summed E-state index contributed by atoms with van der Waals surface area (Å²) in [6.45, 7) is 1.67. The molecule has 0 saturated carbocycles. The van der Waals surface area contributed by atoms with Crippen LogP contribution in [0, 0.1) is 0 Å². The second-order valence-electron chi connectivity index (χ2n) is 5.12. The fourth-order valence-corrected chi connectivity index (χ4v) is 3.37. The van der Waals surface area contributed by atoms with Crippen molar-refractivity contribution in [3.8, 4) is 5.75 Å². The van der Waals surface area contributed by atoms with E-state index in [2.05, 4.69) is 5.43 Å². The molecule has 1 aromatic carbocycles. The van der Waals surface area contributed by atoms with Crippen molar-refractivity contribution >= 4 is 9.84 Å². The van der Waals surface area contributed by atoms with Gasteiger partial charge in [-0.25, -0.2) is 8.42 Å². The summed E-state index contributed by atoms with van der Waals surface area (Å²) in [6, 6.07) is 7.90. The molecule has 0 aliphatic carbocycles. The SMILES string of the molecule is CCS(=O)(=O)CCCC(NN)C1Cc2ccccc2O1. The Morgan fingerprint density at radius 1 is 1.45 bits per heavy atom. The predicted molar refractivity (Wildman–Crippen MR) is 79.2 cm³/mol. The summed E-state index contributed by atoms with van der Waals surface area (Å²) in [6.07, 6.45) is 2.07. The van der Waals surface area contributed by atoms with Gasteiger partial charge in [-0.05, 0) is 24.5 Å². The Balaban J connectivity index is 1.88. The smallest absolute Gasteiger partial charge is 0.150 e. The number of para-hydroxylation sites is 1. The highest BCUT2D eigenvalue weighted by atomic mass is 32.2. The van der Waals surface area contributed by atoms with Crippen molar-refractivity contribution in [3.05, 3.63) is 29.8 Å². The van der Waals surface area contributed by atoms with Crippen molar-refractivity contribution in [2.45, 2.75) is 38.3 Å². The van der Waals surface area contributed by atoms with Gasteiger partial charge in [0.25, 0.3) is 0 Å². The number of rotatable bonds is 7. The minimum Gasteiger partial charge on any atom is -0.488 e. The van der Waals surface area contributed by atoms with E-state index in [0.717, 1.165) is 12.2 Å². The molecule has 6 heteroatoms. The van der Waals surface area contributed by atoms with E-state index in [1.165, 1.54) is 5.56 Å².